The molecule has 0 aliphatic carbocycles. The zero-order valence-electron chi connectivity index (χ0n) is 15.7. The van der Waals surface area contributed by atoms with E-state index in [0.717, 1.165) is 17.5 Å². The van der Waals surface area contributed by atoms with Crippen molar-refractivity contribution in [2.45, 2.75) is 4.90 Å². The van der Waals surface area contributed by atoms with E-state index >= 15 is 0 Å². The summed E-state index contributed by atoms with van der Waals surface area (Å²) < 4.78 is 38.1. The van der Waals surface area contributed by atoms with Gasteiger partial charge >= 0.3 is 5.97 Å². The van der Waals surface area contributed by atoms with Crippen LogP contribution in [0.25, 0.3) is 0 Å². The van der Waals surface area contributed by atoms with Crippen molar-refractivity contribution in [2.24, 2.45) is 0 Å². The van der Waals surface area contributed by atoms with E-state index < -0.39 is 16.0 Å². The standard InChI is InChI=1S/C19H22N2O6S/c1-26-16-6-4-3-5-15(16)20-9-11-21(12-10-20)28(24,25)18-13-14(19(22)23)7-8-17(18)27-2/h3-8,13H,9-12H2,1-2H3,(H,22,23). The summed E-state index contributed by atoms with van der Waals surface area (Å²) in [6.45, 7) is 1.50. The second kappa shape index (κ2) is 8.07. The van der Waals surface area contributed by atoms with Gasteiger partial charge in [-0.05, 0) is 30.3 Å². The number of piperazine rings is 1. The van der Waals surface area contributed by atoms with Crippen LogP contribution in [-0.2, 0) is 10.0 Å². The number of methoxy groups -OCH3 is 2. The molecule has 1 aliphatic rings. The summed E-state index contributed by atoms with van der Waals surface area (Å²) >= 11 is 0. The van der Waals surface area contributed by atoms with Gasteiger partial charge in [0.2, 0.25) is 10.0 Å². The zero-order valence-corrected chi connectivity index (χ0v) is 16.5. The maximum Gasteiger partial charge on any atom is 0.335 e. The number of carboxylic acid groups (broad SMARTS) is 1. The topological polar surface area (TPSA) is 96.4 Å². The molecule has 2 aromatic carbocycles. The van der Waals surface area contributed by atoms with Crippen LogP contribution in [0.1, 0.15) is 10.4 Å². The Kier molecular flexibility index (Phi) is 5.76. The summed E-state index contributed by atoms with van der Waals surface area (Å²) in [6.07, 6.45) is 0. The molecule has 8 nitrogen and oxygen atoms in total. The first-order chi connectivity index (χ1) is 13.4. The third kappa shape index (κ3) is 3.76. The third-order valence-electron chi connectivity index (χ3n) is 4.69. The Morgan fingerprint density at radius 2 is 1.61 bits per heavy atom. The molecule has 9 heteroatoms. The molecule has 1 aliphatic heterocycles. The van der Waals surface area contributed by atoms with Crippen molar-refractivity contribution < 1.29 is 27.8 Å². The lowest BCUT2D eigenvalue weighted by Crippen LogP contribution is -2.48. The van der Waals surface area contributed by atoms with E-state index in [1.807, 2.05) is 24.3 Å². The molecular formula is C19H22N2O6S. The second-order valence-electron chi connectivity index (χ2n) is 6.23. The molecule has 1 fully saturated rings. The van der Waals surface area contributed by atoms with Gasteiger partial charge in [-0.15, -0.1) is 0 Å². The fourth-order valence-corrected chi connectivity index (χ4v) is 4.81. The van der Waals surface area contributed by atoms with Gasteiger partial charge in [-0.25, -0.2) is 13.2 Å². The van der Waals surface area contributed by atoms with Gasteiger partial charge < -0.3 is 19.5 Å². The highest BCUT2D eigenvalue weighted by Crippen LogP contribution is 2.31. The first-order valence-corrected chi connectivity index (χ1v) is 10.1. The number of carboxylic acids is 1. The molecule has 0 saturated carbocycles. The average molecular weight is 406 g/mol. The summed E-state index contributed by atoms with van der Waals surface area (Å²) in [6, 6.07) is 11.4. The molecule has 2 aromatic rings. The van der Waals surface area contributed by atoms with Gasteiger partial charge in [0, 0.05) is 26.2 Å². The van der Waals surface area contributed by atoms with E-state index in [2.05, 4.69) is 4.90 Å². The van der Waals surface area contributed by atoms with Crippen molar-refractivity contribution in [1.82, 2.24) is 4.31 Å². The SMILES string of the molecule is COc1ccccc1N1CCN(S(=O)(=O)c2cc(C(=O)O)ccc2OC)CC1. The lowest BCUT2D eigenvalue weighted by Gasteiger charge is -2.36. The Hall–Kier alpha value is -2.78. The number of ether oxygens (including phenoxy) is 2. The van der Waals surface area contributed by atoms with Gasteiger partial charge in [-0.3, -0.25) is 0 Å². The van der Waals surface area contributed by atoms with Gasteiger partial charge in [0.1, 0.15) is 16.4 Å². The van der Waals surface area contributed by atoms with Crippen molar-refractivity contribution >= 4 is 21.7 Å². The molecule has 150 valence electrons. The Bertz CT molecular complexity index is 968. The first-order valence-electron chi connectivity index (χ1n) is 8.68. The number of anilines is 1. The number of hydrogen-bond acceptors (Lipinski definition) is 6. The maximum absolute atomic E-state index is 13.1. The molecule has 0 atom stereocenters. The smallest absolute Gasteiger partial charge is 0.335 e. The summed E-state index contributed by atoms with van der Waals surface area (Å²) in [7, 11) is -0.941. The Balaban J connectivity index is 1.84. The van der Waals surface area contributed by atoms with E-state index in [0.29, 0.717) is 13.1 Å². The van der Waals surface area contributed by atoms with Crippen LogP contribution in [0, 0.1) is 0 Å². The maximum atomic E-state index is 13.1. The van der Waals surface area contributed by atoms with Crippen LogP contribution < -0.4 is 14.4 Å². The Labute approximate surface area is 164 Å². The largest absolute Gasteiger partial charge is 0.495 e. The predicted octanol–water partition coefficient (Wildman–Crippen LogP) is 1.91. The molecule has 1 heterocycles. The second-order valence-corrected chi connectivity index (χ2v) is 8.14. The van der Waals surface area contributed by atoms with E-state index in [1.165, 1.54) is 23.5 Å². The van der Waals surface area contributed by atoms with Crippen molar-refractivity contribution in [3.8, 4) is 11.5 Å². The molecule has 1 N–H and O–H groups in total. The number of nitrogens with zero attached hydrogens (tertiary/aromatic N) is 2. The van der Waals surface area contributed by atoms with Crippen molar-refractivity contribution in [2.75, 3.05) is 45.3 Å². The molecule has 28 heavy (non-hydrogen) atoms. The van der Waals surface area contributed by atoms with Gasteiger partial charge in [-0.2, -0.15) is 4.31 Å². The highest BCUT2D eigenvalue weighted by atomic mass is 32.2. The molecule has 0 aromatic heterocycles. The fraction of sp³-hybridized carbons (Fsp3) is 0.316. The van der Waals surface area contributed by atoms with Crippen molar-refractivity contribution in [3.63, 3.8) is 0 Å². The summed E-state index contributed by atoms with van der Waals surface area (Å²) in [5, 5.41) is 9.19. The Morgan fingerprint density at radius 1 is 0.964 bits per heavy atom. The molecule has 0 radical (unpaired) electrons. The van der Waals surface area contributed by atoms with E-state index in [-0.39, 0.29) is 29.3 Å². The summed E-state index contributed by atoms with van der Waals surface area (Å²) in [5.41, 5.74) is 0.805. The molecule has 0 unspecified atom stereocenters. The van der Waals surface area contributed by atoms with Crippen LogP contribution in [0.3, 0.4) is 0 Å². The molecule has 0 spiro atoms. The summed E-state index contributed by atoms with van der Waals surface area (Å²) in [4.78, 5) is 13.2. The monoisotopic (exact) mass is 406 g/mol. The predicted molar refractivity (Wildman–Crippen MR) is 104 cm³/mol. The average Bonchev–Trinajstić information content (AvgIpc) is 2.73. The van der Waals surface area contributed by atoms with Gasteiger partial charge in [0.05, 0.1) is 25.5 Å². The number of benzene rings is 2. The molecule has 3 rings (SSSR count). The quantitative estimate of drug-likeness (QED) is 0.783. The number of para-hydroxylation sites is 2. The van der Waals surface area contributed by atoms with Gasteiger partial charge in [0.15, 0.2) is 0 Å². The first kappa shape index (κ1) is 20.0. The third-order valence-corrected chi connectivity index (χ3v) is 6.61. The van der Waals surface area contributed by atoms with Crippen LogP contribution in [0.2, 0.25) is 0 Å². The van der Waals surface area contributed by atoms with Crippen LogP contribution in [0.4, 0.5) is 5.69 Å². The lowest BCUT2D eigenvalue weighted by molar-refractivity contribution is 0.0696. The van der Waals surface area contributed by atoms with Gasteiger partial charge in [0.25, 0.3) is 0 Å². The van der Waals surface area contributed by atoms with Crippen molar-refractivity contribution in [3.05, 3.63) is 48.0 Å². The van der Waals surface area contributed by atoms with E-state index in [9.17, 15) is 18.3 Å². The molecular weight excluding hydrogens is 384 g/mol. The van der Waals surface area contributed by atoms with Gasteiger partial charge in [-0.1, -0.05) is 12.1 Å². The minimum Gasteiger partial charge on any atom is -0.495 e. The number of hydrogen-bond donors (Lipinski definition) is 1. The van der Waals surface area contributed by atoms with Crippen LogP contribution in [0.15, 0.2) is 47.4 Å². The minimum absolute atomic E-state index is 0.105. The summed E-state index contributed by atoms with van der Waals surface area (Å²) in [5.74, 6) is -0.341. The minimum atomic E-state index is -3.90. The zero-order chi connectivity index (χ0) is 20.3. The number of rotatable bonds is 6. The van der Waals surface area contributed by atoms with E-state index in [1.54, 1.807) is 7.11 Å². The highest BCUT2D eigenvalue weighted by Gasteiger charge is 2.32. The molecule has 1 saturated heterocycles. The fourth-order valence-electron chi connectivity index (χ4n) is 3.21. The van der Waals surface area contributed by atoms with Crippen LogP contribution in [0.5, 0.6) is 11.5 Å². The number of aromatic carboxylic acids is 1. The van der Waals surface area contributed by atoms with Crippen molar-refractivity contribution in [1.29, 1.82) is 0 Å². The number of sulfonamides is 1. The lowest BCUT2D eigenvalue weighted by atomic mass is 10.2. The normalized spacial score (nSPS) is 15.3. The van der Waals surface area contributed by atoms with E-state index in [4.69, 9.17) is 9.47 Å². The highest BCUT2D eigenvalue weighted by molar-refractivity contribution is 7.89. The van der Waals surface area contributed by atoms with Crippen LogP contribution >= 0.6 is 0 Å². The van der Waals surface area contributed by atoms with Crippen LogP contribution in [-0.4, -0.2) is 64.2 Å². The molecule has 0 bridgehead atoms. The number of carbonyl (C=O) groups is 1. The molecule has 0 amide bonds. The Morgan fingerprint density at radius 3 is 2.21 bits per heavy atom.